The average molecular weight is 527 g/mol. The van der Waals surface area contributed by atoms with E-state index in [2.05, 4.69) is 16.0 Å². The van der Waals surface area contributed by atoms with Crippen molar-refractivity contribution in [3.05, 3.63) is 94.6 Å². The van der Waals surface area contributed by atoms with Gasteiger partial charge >= 0.3 is 12.1 Å². The first-order valence-electron chi connectivity index (χ1n) is 11.1. The van der Waals surface area contributed by atoms with Gasteiger partial charge < -0.3 is 21.1 Å². The summed E-state index contributed by atoms with van der Waals surface area (Å²) in [6.07, 6.45) is 0.581. The molecule has 1 atom stereocenters. The second-order valence-corrected chi connectivity index (χ2v) is 8.68. The Bertz CT molecular complexity index is 1520. The molecule has 0 aliphatic heterocycles. The molecular formula is C26H21ClF2N4O4. The maximum Gasteiger partial charge on any atom is 0.416 e. The van der Waals surface area contributed by atoms with E-state index in [1.54, 1.807) is 55.5 Å². The van der Waals surface area contributed by atoms with Crippen molar-refractivity contribution in [1.82, 2.24) is 9.88 Å². The van der Waals surface area contributed by atoms with E-state index in [-0.39, 0.29) is 28.4 Å². The first-order valence-corrected chi connectivity index (χ1v) is 11.5. The number of para-hydroxylation sites is 2. The number of halogens is 3. The molecule has 37 heavy (non-hydrogen) atoms. The minimum absolute atomic E-state index is 0.254. The number of aromatic nitrogens is 1. The number of carboxylic acid groups (broad SMARTS) is 1. The van der Waals surface area contributed by atoms with E-state index in [0.29, 0.717) is 28.6 Å². The molecule has 8 nitrogen and oxygen atoms in total. The quantitative estimate of drug-likeness (QED) is 0.243. The summed E-state index contributed by atoms with van der Waals surface area (Å²) in [6.45, 7) is 1.68. The number of benzene rings is 3. The van der Waals surface area contributed by atoms with Gasteiger partial charge in [-0.1, -0.05) is 41.9 Å². The molecule has 4 aromatic rings. The van der Waals surface area contributed by atoms with Crippen molar-refractivity contribution in [2.45, 2.75) is 19.4 Å². The molecule has 0 radical (unpaired) electrons. The Hall–Kier alpha value is -4.44. The van der Waals surface area contributed by atoms with Crippen LogP contribution < -0.4 is 16.0 Å². The second kappa shape index (κ2) is 10.7. The fraction of sp³-hybridized carbons (Fsp3) is 0.115. The average Bonchev–Trinajstić information content (AvgIpc) is 3.21. The molecule has 11 heteroatoms. The number of hydrogen-bond donors (Lipinski definition) is 4. The van der Waals surface area contributed by atoms with E-state index in [4.69, 9.17) is 11.6 Å². The fourth-order valence-corrected chi connectivity index (χ4v) is 4.11. The standard InChI is InChI=1S/C26H21ClF2N4O4/c1-14(10-15-13-33(26(36)37)23-9-5-2-6-16(15)23)30-24(34)17-11-19(28)20(29)12-22(17)32-25(35)31-21-8-4-3-7-18(21)27/h2-9,11-14H,10H2,1H3,(H,30,34)(H,36,37)(H2,31,32,35)/t14-/m1/s1. The van der Waals surface area contributed by atoms with Crippen molar-refractivity contribution < 1.29 is 28.3 Å². The van der Waals surface area contributed by atoms with Crippen molar-refractivity contribution in [2.75, 3.05) is 10.6 Å². The third-order valence-corrected chi connectivity index (χ3v) is 5.91. The van der Waals surface area contributed by atoms with Gasteiger partial charge in [0.1, 0.15) is 0 Å². The number of nitrogens with one attached hydrogen (secondary N) is 3. The van der Waals surface area contributed by atoms with Crippen LogP contribution in [-0.2, 0) is 6.42 Å². The molecule has 0 saturated carbocycles. The third kappa shape index (κ3) is 5.70. The van der Waals surface area contributed by atoms with Crippen LogP contribution in [0.4, 0.5) is 29.7 Å². The van der Waals surface area contributed by atoms with Gasteiger partial charge in [-0.15, -0.1) is 0 Å². The Balaban J connectivity index is 1.53. The van der Waals surface area contributed by atoms with Crippen LogP contribution in [0.3, 0.4) is 0 Å². The van der Waals surface area contributed by atoms with Crippen molar-refractivity contribution in [1.29, 1.82) is 0 Å². The summed E-state index contributed by atoms with van der Waals surface area (Å²) in [4.78, 5) is 37.1. The predicted octanol–water partition coefficient (Wildman–Crippen LogP) is 6.10. The van der Waals surface area contributed by atoms with Gasteiger partial charge in [0, 0.05) is 23.7 Å². The lowest BCUT2D eigenvalue weighted by Crippen LogP contribution is -2.35. The van der Waals surface area contributed by atoms with E-state index in [9.17, 15) is 28.3 Å². The Morgan fingerprint density at radius 2 is 1.62 bits per heavy atom. The number of nitrogens with zero attached hydrogens (tertiary/aromatic N) is 1. The van der Waals surface area contributed by atoms with Gasteiger partial charge in [0.25, 0.3) is 5.91 Å². The van der Waals surface area contributed by atoms with Gasteiger partial charge in [0.15, 0.2) is 11.6 Å². The highest BCUT2D eigenvalue weighted by Crippen LogP contribution is 2.25. The van der Waals surface area contributed by atoms with Crippen LogP contribution in [0.1, 0.15) is 22.8 Å². The lowest BCUT2D eigenvalue weighted by molar-refractivity contribution is 0.0940. The highest BCUT2D eigenvalue weighted by atomic mass is 35.5. The number of anilines is 2. The van der Waals surface area contributed by atoms with Crippen LogP contribution in [0.5, 0.6) is 0 Å². The number of carbonyl (C=O) groups is 3. The maximum absolute atomic E-state index is 14.0. The van der Waals surface area contributed by atoms with Crippen molar-refractivity contribution in [2.24, 2.45) is 0 Å². The third-order valence-electron chi connectivity index (χ3n) is 5.58. The molecule has 4 N–H and O–H groups in total. The van der Waals surface area contributed by atoms with Crippen LogP contribution in [0.15, 0.2) is 66.9 Å². The van der Waals surface area contributed by atoms with Gasteiger partial charge in [-0.2, -0.15) is 0 Å². The molecule has 1 aromatic heterocycles. The summed E-state index contributed by atoms with van der Waals surface area (Å²) in [6, 6.07) is 13.4. The van der Waals surface area contributed by atoms with Crippen molar-refractivity contribution in [3.8, 4) is 0 Å². The zero-order valence-electron chi connectivity index (χ0n) is 19.4. The largest absolute Gasteiger partial charge is 0.464 e. The molecule has 190 valence electrons. The molecule has 4 rings (SSSR count). The lowest BCUT2D eigenvalue weighted by atomic mass is 10.1. The zero-order valence-corrected chi connectivity index (χ0v) is 20.1. The number of fused-ring (bicyclic) bond motifs is 1. The number of amides is 3. The van der Waals surface area contributed by atoms with E-state index in [1.165, 1.54) is 6.20 Å². The Labute approximate surface area is 214 Å². The predicted molar refractivity (Wildman–Crippen MR) is 136 cm³/mol. The van der Waals surface area contributed by atoms with E-state index in [0.717, 1.165) is 4.57 Å². The maximum atomic E-state index is 14.0. The molecule has 0 spiro atoms. The highest BCUT2D eigenvalue weighted by molar-refractivity contribution is 6.33. The SMILES string of the molecule is C[C@H](Cc1cn(C(=O)O)c2ccccc12)NC(=O)c1cc(F)c(F)cc1NC(=O)Nc1ccccc1Cl. The summed E-state index contributed by atoms with van der Waals surface area (Å²) in [5.41, 5.74) is 0.904. The summed E-state index contributed by atoms with van der Waals surface area (Å²) < 4.78 is 29.1. The summed E-state index contributed by atoms with van der Waals surface area (Å²) in [5, 5.41) is 18.0. The molecule has 0 unspecified atom stereocenters. The van der Waals surface area contributed by atoms with Crippen LogP contribution in [0.25, 0.3) is 10.9 Å². The van der Waals surface area contributed by atoms with Crippen LogP contribution in [0.2, 0.25) is 5.02 Å². The molecule has 0 aliphatic rings. The zero-order chi connectivity index (χ0) is 26.7. The highest BCUT2D eigenvalue weighted by Gasteiger charge is 2.21. The van der Waals surface area contributed by atoms with Crippen LogP contribution >= 0.6 is 11.6 Å². The Kier molecular flexibility index (Phi) is 7.40. The Morgan fingerprint density at radius 3 is 2.35 bits per heavy atom. The molecule has 1 heterocycles. The minimum atomic E-state index is -1.26. The molecule has 0 saturated heterocycles. The summed E-state index contributed by atoms with van der Waals surface area (Å²) >= 11 is 6.03. The number of urea groups is 1. The smallest absolute Gasteiger partial charge is 0.416 e. The van der Waals surface area contributed by atoms with Gasteiger partial charge in [-0.25, -0.2) is 18.4 Å². The van der Waals surface area contributed by atoms with Crippen LogP contribution in [0, 0.1) is 11.6 Å². The first-order chi connectivity index (χ1) is 17.6. The topological polar surface area (TPSA) is 112 Å². The lowest BCUT2D eigenvalue weighted by Gasteiger charge is -2.17. The monoisotopic (exact) mass is 526 g/mol. The molecule has 3 aromatic carbocycles. The molecule has 0 aliphatic carbocycles. The van der Waals surface area contributed by atoms with Gasteiger partial charge in [-0.3, -0.25) is 9.36 Å². The van der Waals surface area contributed by atoms with Crippen molar-refractivity contribution >= 4 is 51.9 Å². The van der Waals surface area contributed by atoms with E-state index < -0.39 is 35.7 Å². The van der Waals surface area contributed by atoms with Gasteiger partial charge in [0.2, 0.25) is 0 Å². The number of carbonyl (C=O) groups excluding carboxylic acids is 2. The van der Waals surface area contributed by atoms with Gasteiger partial charge in [-0.05, 0) is 43.2 Å². The molecule has 3 amide bonds. The van der Waals surface area contributed by atoms with E-state index >= 15 is 0 Å². The second-order valence-electron chi connectivity index (χ2n) is 8.27. The fourth-order valence-electron chi connectivity index (χ4n) is 3.93. The molecule has 0 bridgehead atoms. The minimum Gasteiger partial charge on any atom is -0.464 e. The first kappa shape index (κ1) is 25.6. The van der Waals surface area contributed by atoms with Crippen LogP contribution in [-0.4, -0.2) is 33.7 Å². The Morgan fingerprint density at radius 1 is 0.973 bits per heavy atom. The number of rotatable bonds is 6. The van der Waals surface area contributed by atoms with E-state index in [1.807, 2.05) is 0 Å². The van der Waals surface area contributed by atoms with Crippen molar-refractivity contribution in [3.63, 3.8) is 0 Å². The molecule has 0 fully saturated rings. The van der Waals surface area contributed by atoms with Gasteiger partial charge in [0.05, 0.1) is 27.5 Å². The summed E-state index contributed by atoms with van der Waals surface area (Å²) in [5.74, 6) is -3.28. The normalized spacial score (nSPS) is 11.7. The molecular weight excluding hydrogens is 506 g/mol. The number of hydrogen-bond acceptors (Lipinski definition) is 3. The summed E-state index contributed by atoms with van der Waals surface area (Å²) in [7, 11) is 0.